The summed E-state index contributed by atoms with van der Waals surface area (Å²) in [7, 11) is 1.45. The van der Waals surface area contributed by atoms with E-state index in [0.29, 0.717) is 12.5 Å². The number of unbranched alkanes of at least 4 members (excludes halogenated alkanes) is 2. The second kappa shape index (κ2) is 8.00. The molecule has 1 fully saturated rings. The summed E-state index contributed by atoms with van der Waals surface area (Å²) < 4.78 is 4.65. The van der Waals surface area contributed by atoms with E-state index < -0.39 is 0 Å². The molecule has 0 saturated carbocycles. The fourth-order valence-electron chi connectivity index (χ4n) is 2.91. The number of hydrogen-bond donors (Lipinski definition) is 0. The zero-order valence-corrected chi connectivity index (χ0v) is 12.3. The minimum absolute atomic E-state index is 0.0978. The lowest BCUT2D eigenvalue weighted by Crippen LogP contribution is -2.24. The topological polar surface area (TPSA) is 42.4 Å². The monoisotopic (exact) mass is 276 g/mol. The molecule has 4 nitrogen and oxygen atoms in total. The van der Waals surface area contributed by atoms with Crippen LogP contribution in [0.15, 0.2) is 24.5 Å². The molecule has 2 rings (SSSR count). The summed E-state index contributed by atoms with van der Waals surface area (Å²) in [6.45, 7) is 2.29. The number of carbonyl (C=O) groups is 1. The van der Waals surface area contributed by atoms with Crippen LogP contribution in [0.2, 0.25) is 0 Å². The van der Waals surface area contributed by atoms with E-state index in [-0.39, 0.29) is 5.97 Å². The number of aromatic nitrogens is 1. The number of carbonyl (C=O) groups excluding carboxylic acids is 1. The summed E-state index contributed by atoms with van der Waals surface area (Å²) in [6, 6.07) is 4.72. The Kier molecular flexibility index (Phi) is 5.99. The van der Waals surface area contributed by atoms with Gasteiger partial charge in [0.05, 0.1) is 7.11 Å². The van der Waals surface area contributed by atoms with E-state index in [1.54, 1.807) is 0 Å². The van der Waals surface area contributed by atoms with E-state index in [4.69, 9.17) is 0 Å². The average molecular weight is 276 g/mol. The van der Waals surface area contributed by atoms with Gasteiger partial charge in [-0.25, -0.2) is 0 Å². The van der Waals surface area contributed by atoms with E-state index in [1.807, 2.05) is 18.5 Å². The molecule has 1 saturated heterocycles. The lowest BCUT2D eigenvalue weighted by Gasteiger charge is -2.24. The number of pyridine rings is 1. The normalized spacial score (nSPS) is 19.1. The van der Waals surface area contributed by atoms with Gasteiger partial charge < -0.3 is 4.74 Å². The molecule has 110 valence electrons. The number of hydrogen-bond acceptors (Lipinski definition) is 4. The zero-order chi connectivity index (χ0) is 14.2. The van der Waals surface area contributed by atoms with Gasteiger partial charge in [-0.2, -0.15) is 0 Å². The number of methoxy groups -OCH3 is 1. The van der Waals surface area contributed by atoms with Gasteiger partial charge in [-0.15, -0.1) is 0 Å². The highest BCUT2D eigenvalue weighted by atomic mass is 16.5. The predicted molar refractivity (Wildman–Crippen MR) is 78.3 cm³/mol. The summed E-state index contributed by atoms with van der Waals surface area (Å²) >= 11 is 0. The molecule has 0 aromatic carbocycles. The molecular formula is C16H24N2O2. The molecular weight excluding hydrogens is 252 g/mol. The molecule has 1 aliphatic heterocycles. The van der Waals surface area contributed by atoms with Crippen molar-refractivity contribution in [3.8, 4) is 0 Å². The van der Waals surface area contributed by atoms with Crippen molar-refractivity contribution in [1.29, 1.82) is 0 Å². The maximum atomic E-state index is 11.0. The maximum absolute atomic E-state index is 11.0. The highest BCUT2D eigenvalue weighted by Gasteiger charge is 2.25. The van der Waals surface area contributed by atoms with Crippen LogP contribution in [0.4, 0.5) is 0 Å². The third kappa shape index (κ3) is 4.30. The lowest BCUT2D eigenvalue weighted by atomic mass is 10.1. The lowest BCUT2D eigenvalue weighted by molar-refractivity contribution is -0.140. The molecule has 0 bridgehead atoms. The third-order valence-corrected chi connectivity index (χ3v) is 3.99. The van der Waals surface area contributed by atoms with Gasteiger partial charge in [0.15, 0.2) is 0 Å². The number of likely N-dealkylation sites (tertiary alicyclic amines) is 1. The van der Waals surface area contributed by atoms with Gasteiger partial charge in [0, 0.05) is 24.9 Å². The third-order valence-electron chi connectivity index (χ3n) is 3.99. The number of esters is 1. The Labute approximate surface area is 121 Å². The summed E-state index contributed by atoms with van der Waals surface area (Å²) in [5, 5.41) is 0. The van der Waals surface area contributed by atoms with Crippen molar-refractivity contribution in [3.63, 3.8) is 0 Å². The molecule has 4 heteroatoms. The van der Waals surface area contributed by atoms with E-state index in [9.17, 15) is 4.79 Å². The van der Waals surface area contributed by atoms with Crippen molar-refractivity contribution in [1.82, 2.24) is 9.88 Å². The Balaban J connectivity index is 1.71. The first kappa shape index (κ1) is 15.0. The minimum atomic E-state index is -0.0978. The van der Waals surface area contributed by atoms with Gasteiger partial charge >= 0.3 is 5.97 Å². The molecule has 1 aromatic heterocycles. The standard InChI is InChI=1S/C16H24N2O2/c1-20-16(19)9-3-2-4-11-18-12-6-8-15(18)14-7-5-10-17-13-14/h5,7,10,13,15H,2-4,6,8-9,11-12H2,1H3/t15-/m0/s1. The van der Waals surface area contributed by atoms with Crippen molar-refractivity contribution in [2.24, 2.45) is 0 Å². The Morgan fingerprint density at radius 1 is 1.45 bits per heavy atom. The summed E-state index contributed by atoms with van der Waals surface area (Å²) in [5.41, 5.74) is 1.33. The number of rotatable bonds is 7. The maximum Gasteiger partial charge on any atom is 0.305 e. The van der Waals surface area contributed by atoms with Crippen molar-refractivity contribution in [3.05, 3.63) is 30.1 Å². The molecule has 0 amide bonds. The molecule has 0 radical (unpaired) electrons. The minimum Gasteiger partial charge on any atom is -0.469 e. The largest absolute Gasteiger partial charge is 0.469 e. The fraction of sp³-hybridized carbons (Fsp3) is 0.625. The molecule has 20 heavy (non-hydrogen) atoms. The van der Waals surface area contributed by atoms with Crippen LogP contribution in [0.3, 0.4) is 0 Å². The van der Waals surface area contributed by atoms with Crippen LogP contribution in [-0.2, 0) is 9.53 Å². The molecule has 1 aromatic rings. The van der Waals surface area contributed by atoms with Crippen molar-refractivity contribution in [2.45, 2.75) is 44.6 Å². The van der Waals surface area contributed by atoms with Gasteiger partial charge in [0.2, 0.25) is 0 Å². The van der Waals surface area contributed by atoms with Gasteiger partial charge in [-0.05, 0) is 50.4 Å². The second-order valence-electron chi connectivity index (χ2n) is 5.37. The Morgan fingerprint density at radius 3 is 3.10 bits per heavy atom. The van der Waals surface area contributed by atoms with Crippen LogP contribution in [-0.4, -0.2) is 36.1 Å². The Bertz CT molecular complexity index is 408. The van der Waals surface area contributed by atoms with Gasteiger partial charge in [0.25, 0.3) is 0 Å². The second-order valence-corrected chi connectivity index (χ2v) is 5.37. The molecule has 1 aliphatic rings. The highest BCUT2D eigenvalue weighted by Crippen LogP contribution is 2.31. The highest BCUT2D eigenvalue weighted by molar-refractivity contribution is 5.68. The molecule has 2 heterocycles. The summed E-state index contributed by atoms with van der Waals surface area (Å²) in [6.07, 6.45) is 10.0. The van der Waals surface area contributed by atoms with Crippen molar-refractivity contribution < 1.29 is 9.53 Å². The summed E-state index contributed by atoms with van der Waals surface area (Å²) in [5.74, 6) is -0.0978. The molecule has 0 spiro atoms. The summed E-state index contributed by atoms with van der Waals surface area (Å²) in [4.78, 5) is 17.8. The van der Waals surface area contributed by atoms with Crippen molar-refractivity contribution >= 4 is 5.97 Å². The predicted octanol–water partition coefficient (Wildman–Crippen LogP) is 2.95. The van der Waals surface area contributed by atoms with Gasteiger partial charge in [0.1, 0.15) is 0 Å². The molecule has 0 N–H and O–H groups in total. The zero-order valence-electron chi connectivity index (χ0n) is 12.3. The van der Waals surface area contributed by atoms with Crippen LogP contribution in [0.5, 0.6) is 0 Å². The first-order chi connectivity index (χ1) is 9.81. The van der Waals surface area contributed by atoms with E-state index in [1.165, 1.54) is 32.1 Å². The number of nitrogens with zero attached hydrogens (tertiary/aromatic N) is 2. The Hall–Kier alpha value is -1.42. The SMILES string of the molecule is COC(=O)CCCCCN1CCC[C@H]1c1cccnc1. The molecule has 0 unspecified atom stereocenters. The Morgan fingerprint density at radius 2 is 2.35 bits per heavy atom. The van der Waals surface area contributed by atoms with Gasteiger partial charge in [-0.1, -0.05) is 12.5 Å². The van der Waals surface area contributed by atoms with Crippen LogP contribution < -0.4 is 0 Å². The van der Waals surface area contributed by atoms with Crippen molar-refractivity contribution in [2.75, 3.05) is 20.2 Å². The van der Waals surface area contributed by atoms with E-state index in [0.717, 1.165) is 25.8 Å². The van der Waals surface area contributed by atoms with Crippen LogP contribution in [0.25, 0.3) is 0 Å². The fourth-order valence-corrected chi connectivity index (χ4v) is 2.91. The molecule has 1 atom stereocenters. The van der Waals surface area contributed by atoms with E-state index >= 15 is 0 Å². The quantitative estimate of drug-likeness (QED) is 0.567. The first-order valence-electron chi connectivity index (χ1n) is 7.52. The van der Waals surface area contributed by atoms with Gasteiger partial charge in [-0.3, -0.25) is 14.7 Å². The molecule has 0 aliphatic carbocycles. The number of ether oxygens (including phenoxy) is 1. The first-order valence-corrected chi connectivity index (χ1v) is 7.52. The average Bonchev–Trinajstić information content (AvgIpc) is 2.96. The van der Waals surface area contributed by atoms with Crippen LogP contribution >= 0.6 is 0 Å². The van der Waals surface area contributed by atoms with Crippen LogP contribution in [0.1, 0.15) is 50.1 Å². The van der Waals surface area contributed by atoms with Crippen LogP contribution in [0, 0.1) is 0 Å². The van der Waals surface area contributed by atoms with E-state index in [2.05, 4.69) is 20.7 Å². The smallest absolute Gasteiger partial charge is 0.305 e.